The van der Waals surface area contributed by atoms with E-state index in [1.165, 1.54) is 0 Å². The fourth-order valence-corrected chi connectivity index (χ4v) is 4.35. The Labute approximate surface area is 204 Å². The van der Waals surface area contributed by atoms with Crippen LogP contribution in [0.2, 0.25) is 0 Å². The van der Waals surface area contributed by atoms with Gasteiger partial charge in [0.15, 0.2) is 0 Å². The van der Waals surface area contributed by atoms with Crippen LogP contribution in [-0.4, -0.2) is 45.9 Å². The summed E-state index contributed by atoms with van der Waals surface area (Å²) in [6.45, 7) is 3.87. The number of carbonyl (C=O) groups is 2. The van der Waals surface area contributed by atoms with Gasteiger partial charge in [-0.05, 0) is 46.9 Å². The second kappa shape index (κ2) is 10.8. The molecule has 0 unspecified atom stereocenters. The van der Waals surface area contributed by atoms with Crippen molar-refractivity contribution in [1.29, 1.82) is 0 Å². The highest BCUT2D eigenvalue weighted by Crippen LogP contribution is 2.20. The van der Waals surface area contributed by atoms with Gasteiger partial charge in [0.05, 0.1) is 5.94 Å². The van der Waals surface area contributed by atoms with Gasteiger partial charge in [0.2, 0.25) is 5.91 Å². The van der Waals surface area contributed by atoms with E-state index < -0.39 is 25.0 Å². The second-order valence-corrected chi connectivity index (χ2v) is 9.31. The minimum atomic E-state index is -1.70. The Morgan fingerprint density at radius 3 is 2.40 bits per heavy atom. The molecule has 0 saturated heterocycles. The Morgan fingerprint density at radius 1 is 0.943 bits per heavy atom. The molecule has 4 aromatic rings. The lowest BCUT2D eigenvalue weighted by Crippen LogP contribution is -2.55. The maximum absolute atomic E-state index is 13.3. The summed E-state index contributed by atoms with van der Waals surface area (Å²) < 4.78 is 0. The third-order valence-electron chi connectivity index (χ3n) is 6.15. The Kier molecular flexibility index (Phi) is 7.53. The van der Waals surface area contributed by atoms with Crippen LogP contribution in [0.3, 0.4) is 0 Å². The number of carbonyl (C=O) groups excluding carboxylic acids is 2. The Bertz CT molecular complexity index is 1330. The number of nitrogens with one attached hydrogen (secondary N) is 3. The van der Waals surface area contributed by atoms with E-state index in [2.05, 4.69) is 15.6 Å². The van der Waals surface area contributed by atoms with E-state index in [9.17, 15) is 19.6 Å². The van der Waals surface area contributed by atoms with Gasteiger partial charge in [0, 0.05) is 29.1 Å². The van der Waals surface area contributed by atoms with Crippen LogP contribution in [0, 0.1) is 5.92 Å². The number of aromatic amines is 1. The first-order chi connectivity index (χ1) is 16.8. The van der Waals surface area contributed by atoms with Gasteiger partial charge in [0.1, 0.15) is 6.04 Å². The summed E-state index contributed by atoms with van der Waals surface area (Å²) in [7, 11) is -1.70. The van der Waals surface area contributed by atoms with Crippen LogP contribution in [0.5, 0.6) is 0 Å². The molecule has 0 aliphatic heterocycles. The van der Waals surface area contributed by atoms with Crippen molar-refractivity contribution in [2.45, 2.75) is 38.7 Å². The summed E-state index contributed by atoms with van der Waals surface area (Å²) >= 11 is 0. The van der Waals surface area contributed by atoms with Gasteiger partial charge >= 0.3 is 7.12 Å². The molecule has 0 bridgehead atoms. The van der Waals surface area contributed by atoms with Crippen LogP contribution in [-0.2, 0) is 11.2 Å². The third kappa shape index (κ3) is 5.91. The van der Waals surface area contributed by atoms with Crippen molar-refractivity contribution in [3.05, 3.63) is 84.1 Å². The van der Waals surface area contributed by atoms with Crippen LogP contribution in [0.15, 0.2) is 72.9 Å². The molecule has 1 heterocycles. The van der Waals surface area contributed by atoms with Crippen molar-refractivity contribution in [1.82, 2.24) is 15.6 Å². The van der Waals surface area contributed by atoms with Gasteiger partial charge in [0.25, 0.3) is 5.91 Å². The predicted octanol–water partition coefficient (Wildman–Crippen LogP) is 3.21. The monoisotopic (exact) mass is 471 g/mol. The molecule has 0 aliphatic carbocycles. The molecule has 0 spiro atoms. The SMILES string of the molecule is CC(C)C[C@H](NC(=O)[C@H](Cc1c[nH]c2ccccc12)NC(=O)c1ccc2ccccc2c1)B(O)O. The molecule has 5 N–H and O–H groups in total. The summed E-state index contributed by atoms with van der Waals surface area (Å²) in [6, 6.07) is 20.0. The van der Waals surface area contributed by atoms with E-state index in [-0.39, 0.29) is 18.2 Å². The third-order valence-corrected chi connectivity index (χ3v) is 6.15. The molecule has 4 rings (SSSR count). The predicted molar refractivity (Wildman–Crippen MR) is 139 cm³/mol. The number of para-hydroxylation sites is 1. The lowest BCUT2D eigenvalue weighted by atomic mass is 9.75. The molecule has 35 heavy (non-hydrogen) atoms. The zero-order valence-electron chi connectivity index (χ0n) is 19.9. The van der Waals surface area contributed by atoms with Crippen molar-refractivity contribution >= 4 is 40.6 Å². The van der Waals surface area contributed by atoms with Gasteiger partial charge in [-0.15, -0.1) is 0 Å². The molecule has 2 atom stereocenters. The molecule has 1 aromatic heterocycles. The van der Waals surface area contributed by atoms with Gasteiger partial charge in [-0.1, -0.05) is 62.4 Å². The standard InChI is InChI=1S/C27H30BN3O4/c1-17(2)13-25(28(34)35)31-27(33)24(15-21-16-29-23-10-6-5-9-22(21)23)30-26(32)20-12-11-18-7-3-4-8-19(18)14-20/h3-12,14,16-17,24-25,29,34-35H,13,15H2,1-2H3,(H,30,32)(H,31,33)/t24-,25-/m0/s1. The first-order valence-electron chi connectivity index (χ1n) is 11.8. The fourth-order valence-electron chi connectivity index (χ4n) is 4.35. The maximum atomic E-state index is 13.3. The number of H-pyrrole nitrogens is 1. The first kappa shape index (κ1) is 24.5. The van der Waals surface area contributed by atoms with Crippen molar-refractivity contribution in [2.24, 2.45) is 5.92 Å². The summed E-state index contributed by atoms with van der Waals surface area (Å²) in [6.07, 6.45) is 2.46. The number of hydrogen-bond donors (Lipinski definition) is 5. The molecule has 8 heteroatoms. The molecule has 180 valence electrons. The van der Waals surface area contributed by atoms with E-state index in [0.29, 0.717) is 12.0 Å². The average molecular weight is 471 g/mol. The molecule has 0 radical (unpaired) electrons. The molecule has 0 fully saturated rings. The minimum Gasteiger partial charge on any atom is -0.426 e. The Balaban J connectivity index is 1.60. The van der Waals surface area contributed by atoms with Gasteiger partial charge in [-0.25, -0.2) is 0 Å². The number of rotatable bonds is 9. The van der Waals surface area contributed by atoms with Crippen molar-refractivity contribution < 1.29 is 19.6 Å². The number of hydrogen-bond acceptors (Lipinski definition) is 4. The van der Waals surface area contributed by atoms with E-state index in [0.717, 1.165) is 27.2 Å². The fraction of sp³-hybridized carbons (Fsp3) is 0.259. The van der Waals surface area contributed by atoms with E-state index in [1.54, 1.807) is 12.1 Å². The van der Waals surface area contributed by atoms with Gasteiger partial charge < -0.3 is 25.7 Å². The number of benzene rings is 3. The lowest BCUT2D eigenvalue weighted by Gasteiger charge is -2.24. The average Bonchev–Trinajstić information content (AvgIpc) is 3.25. The van der Waals surface area contributed by atoms with Crippen LogP contribution < -0.4 is 10.6 Å². The quantitative estimate of drug-likeness (QED) is 0.241. The Morgan fingerprint density at radius 2 is 1.66 bits per heavy atom. The lowest BCUT2D eigenvalue weighted by molar-refractivity contribution is -0.123. The second-order valence-electron chi connectivity index (χ2n) is 9.31. The highest BCUT2D eigenvalue weighted by molar-refractivity contribution is 6.43. The largest absolute Gasteiger partial charge is 0.475 e. The maximum Gasteiger partial charge on any atom is 0.475 e. The van der Waals surface area contributed by atoms with Crippen LogP contribution in [0.25, 0.3) is 21.7 Å². The number of fused-ring (bicyclic) bond motifs is 2. The summed E-state index contributed by atoms with van der Waals surface area (Å²) in [5.41, 5.74) is 2.26. The van der Waals surface area contributed by atoms with Gasteiger partial charge in [-0.2, -0.15) is 0 Å². The van der Waals surface area contributed by atoms with E-state index in [1.807, 2.05) is 74.6 Å². The van der Waals surface area contributed by atoms with Crippen LogP contribution >= 0.6 is 0 Å². The topological polar surface area (TPSA) is 114 Å². The van der Waals surface area contributed by atoms with Crippen LogP contribution in [0.4, 0.5) is 0 Å². The van der Waals surface area contributed by atoms with Crippen LogP contribution in [0.1, 0.15) is 36.2 Å². The summed E-state index contributed by atoms with van der Waals surface area (Å²) in [5, 5.41) is 28.1. The molecule has 0 aliphatic rings. The van der Waals surface area contributed by atoms with Crippen molar-refractivity contribution in [3.63, 3.8) is 0 Å². The van der Waals surface area contributed by atoms with Crippen molar-refractivity contribution in [3.8, 4) is 0 Å². The normalized spacial score (nSPS) is 13.1. The summed E-state index contributed by atoms with van der Waals surface area (Å²) in [5.74, 6) is -1.55. The molecule has 2 amide bonds. The molecule has 7 nitrogen and oxygen atoms in total. The molecular weight excluding hydrogens is 441 g/mol. The minimum absolute atomic E-state index is 0.140. The van der Waals surface area contributed by atoms with E-state index >= 15 is 0 Å². The zero-order chi connectivity index (χ0) is 24.9. The highest BCUT2D eigenvalue weighted by Gasteiger charge is 2.30. The molecule has 3 aromatic carbocycles. The highest BCUT2D eigenvalue weighted by atomic mass is 16.4. The van der Waals surface area contributed by atoms with Crippen molar-refractivity contribution in [2.75, 3.05) is 0 Å². The number of aromatic nitrogens is 1. The zero-order valence-corrected chi connectivity index (χ0v) is 19.9. The first-order valence-corrected chi connectivity index (χ1v) is 11.8. The molecule has 0 saturated carbocycles. The Hall–Kier alpha value is -3.62. The smallest absolute Gasteiger partial charge is 0.426 e. The summed E-state index contributed by atoms with van der Waals surface area (Å²) in [4.78, 5) is 29.7. The van der Waals surface area contributed by atoms with E-state index in [4.69, 9.17) is 0 Å². The van der Waals surface area contributed by atoms with Gasteiger partial charge in [-0.3, -0.25) is 9.59 Å². The number of amides is 2. The molecular formula is C27H30BN3O4.